The van der Waals surface area contributed by atoms with Gasteiger partial charge in [-0.15, -0.1) is 0 Å². The summed E-state index contributed by atoms with van der Waals surface area (Å²) in [6, 6.07) is 19.0. The molecule has 2 amide bonds. The molecule has 1 aliphatic carbocycles. The number of amides is 2. The molecule has 0 aliphatic heterocycles. The normalized spacial score (nSPS) is 13.3. The average molecular weight is 470 g/mol. The quantitative estimate of drug-likeness (QED) is 0.480. The van der Waals surface area contributed by atoms with Gasteiger partial charge in [-0.1, -0.05) is 29.8 Å². The first-order valence-corrected chi connectivity index (χ1v) is 11.8. The van der Waals surface area contributed by atoms with E-state index in [1.54, 1.807) is 42.5 Å². The van der Waals surface area contributed by atoms with Gasteiger partial charge < -0.3 is 10.6 Å². The van der Waals surface area contributed by atoms with E-state index in [1.807, 2.05) is 0 Å². The monoisotopic (exact) mass is 469 g/mol. The second kappa shape index (κ2) is 9.02. The predicted octanol–water partition coefficient (Wildman–Crippen LogP) is 4.29. The topological polar surface area (TPSA) is 104 Å². The third kappa shape index (κ3) is 5.27. The highest BCUT2D eigenvalue weighted by Gasteiger charge is 2.24. The molecule has 3 aromatic rings. The second-order valence-electron chi connectivity index (χ2n) is 7.39. The minimum absolute atomic E-state index is 0.0342. The second-order valence-corrected chi connectivity index (χ2v) is 9.48. The zero-order valence-corrected chi connectivity index (χ0v) is 18.4. The molecule has 32 heavy (non-hydrogen) atoms. The zero-order chi connectivity index (χ0) is 22.7. The zero-order valence-electron chi connectivity index (χ0n) is 16.8. The number of rotatable bonds is 7. The van der Waals surface area contributed by atoms with Crippen LogP contribution >= 0.6 is 11.6 Å². The molecule has 164 valence electrons. The average Bonchev–Trinajstić information content (AvgIpc) is 3.58. The molecule has 0 heterocycles. The highest BCUT2D eigenvalue weighted by Crippen LogP contribution is 2.24. The number of anilines is 2. The van der Waals surface area contributed by atoms with Gasteiger partial charge in [0.2, 0.25) is 0 Å². The lowest BCUT2D eigenvalue weighted by molar-refractivity contribution is 0.0950. The van der Waals surface area contributed by atoms with Gasteiger partial charge in [-0.05, 0) is 67.4 Å². The van der Waals surface area contributed by atoms with Crippen LogP contribution in [0.1, 0.15) is 33.6 Å². The first-order chi connectivity index (χ1) is 15.3. The molecule has 7 nitrogen and oxygen atoms in total. The van der Waals surface area contributed by atoms with Crippen LogP contribution in [-0.2, 0) is 10.0 Å². The summed E-state index contributed by atoms with van der Waals surface area (Å²) in [4.78, 5) is 24.7. The lowest BCUT2D eigenvalue weighted by Crippen LogP contribution is -2.25. The lowest BCUT2D eigenvalue weighted by atomic mass is 10.1. The Balaban J connectivity index is 1.42. The van der Waals surface area contributed by atoms with Gasteiger partial charge in [0.1, 0.15) is 0 Å². The van der Waals surface area contributed by atoms with Crippen molar-refractivity contribution in [2.24, 2.45) is 0 Å². The van der Waals surface area contributed by atoms with Gasteiger partial charge >= 0.3 is 0 Å². The largest absolute Gasteiger partial charge is 0.349 e. The molecule has 0 aromatic heterocycles. The highest BCUT2D eigenvalue weighted by atomic mass is 35.5. The molecule has 3 aromatic carbocycles. The van der Waals surface area contributed by atoms with Gasteiger partial charge in [-0.25, -0.2) is 8.42 Å². The van der Waals surface area contributed by atoms with Crippen LogP contribution in [0.3, 0.4) is 0 Å². The van der Waals surface area contributed by atoms with Crippen LogP contribution in [0.2, 0.25) is 5.02 Å². The van der Waals surface area contributed by atoms with Gasteiger partial charge in [-0.3, -0.25) is 14.3 Å². The van der Waals surface area contributed by atoms with Crippen LogP contribution in [0.15, 0.2) is 77.7 Å². The number of sulfonamides is 1. The number of para-hydroxylation sites is 1. The van der Waals surface area contributed by atoms with Gasteiger partial charge in [0, 0.05) is 23.0 Å². The van der Waals surface area contributed by atoms with Gasteiger partial charge in [-0.2, -0.15) is 0 Å². The molecule has 0 spiro atoms. The molecule has 0 saturated heterocycles. The molecular formula is C23H20ClN3O4S. The molecule has 1 fully saturated rings. The Morgan fingerprint density at radius 2 is 1.53 bits per heavy atom. The van der Waals surface area contributed by atoms with Crippen molar-refractivity contribution in [3.63, 3.8) is 0 Å². The number of carbonyl (C=O) groups excluding carboxylic acids is 2. The predicted molar refractivity (Wildman–Crippen MR) is 124 cm³/mol. The fourth-order valence-electron chi connectivity index (χ4n) is 2.98. The van der Waals surface area contributed by atoms with Crippen LogP contribution in [0, 0.1) is 0 Å². The molecule has 3 N–H and O–H groups in total. The minimum atomic E-state index is -3.77. The van der Waals surface area contributed by atoms with Crippen LogP contribution in [0.25, 0.3) is 0 Å². The highest BCUT2D eigenvalue weighted by molar-refractivity contribution is 7.92. The van der Waals surface area contributed by atoms with E-state index in [9.17, 15) is 18.0 Å². The summed E-state index contributed by atoms with van der Waals surface area (Å²) in [6.45, 7) is 0. The van der Waals surface area contributed by atoms with Crippen LogP contribution in [0.5, 0.6) is 0 Å². The fraction of sp³-hybridized carbons (Fsp3) is 0.130. The van der Waals surface area contributed by atoms with Gasteiger partial charge in [0.15, 0.2) is 0 Å². The van der Waals surface area contributed by atoms with Gasteiger partial charge in [0.25, 0.3) is 21.8 Å². The molecule has 0 radical (unpaired) electrons. The first-order valence-electron chi connectivity index (χ1n) is 9.91. The summed E-state index contributed by atoms with van der Waals surface area (Å²) in [6.07, 6.45) is 1.94. The van der Waals surface area contributed by atoms with Gasteiger partial charge in [0.05, 0.1) is 15.5 Å². The standard InChI is InChI=1S/C23H20ClN3O4S/c24-21-14-18(10-13-20(21)23(29)25-16-8-9-16)26-22(28)15-6-11-19(12-7-15)32(30,31)27-17-4-2-1-3-5-17/h1-7,10-14,16,27H,8-9H2,(H,25,29)(H,26,28). The molecule has 0 unspecified atom stereocenters. The Bertz CT molecular complexity index is 1260. The summed E-state index contributed by atoms with van der Waals surface area (Å²) < 4.78 is 27.5. The van der Waals surface area contributed by atoms with Crippen LogP contribution in [0.4, 0.5) is 11.4 Å². The third-order valence-electron chi connectivity index (χ3n) is 4.84. The Labute approximate surface area is 190 Å². The number of nitrogens with one attached hydrogen (secondary N) is 3. The van der Waals surface area contributed by atoms with Crippen molar-refractivity contribution in [3.05, 3.63) is 88.9 Å². The number of hydrogen-bond acceptors (Lipinski definition) is 4. The summed E-state index contributed by atoms with van der Waals surface area (Å²) in [5.74, 6) is -0.674. The molecular weight excluding hydrogens is 450 g/mol. The Kier molecular flexibility index (Phi) is 6.16. The van der Waals surface area contributed by atoms with Crippen LogP contribution < -0.4 is 15.4 Å². The van der Waals surface area contributed by atoms with Crippen molar-refractivity contribution in [3.8, 4) is 0 Å². The number of benzene rings is 3. The van der Waals surface area contributed by atoms with Crippen molar-refractivity contribution in [2.45, 2.75) is 23.8 Å². The number of halogens is 1. The van der Waals surface area contributed by atoms with Crippen molar-refractivity contribution < 1.29 is 18.0 Å². The lowest BCUT2D eigenvalue weighted by Gasteiger charge is -2.10. The smallest absolute Gasteiger partial charge is 0.261 e. The molecule has 4 rings (SSSR count). The maximum atomic E-state index is 12.6. The summed E-state index contributed by atoms with van der Waals surface area (Å²) in [5, 5.41) is 5.79. The van der Waals surface area contributed by atoms with E-state index >= 15 is 0 Å². The SMILES string of the molecule is O=C(Nc1ccc(C(=O)NC2CC2)c(Cl)c1)c1ccc(S(=O)(=O)Nc2ccccc2)cc1. The Morgan fingerprint density at radius 3 is 2.16 bits per heavy atom. The van der Waals surface area contributed by atoms with E-state index in [1.165, 1.54) is 30.3 Å². The Hall–Kier alpha value is -3.36. The van der Waals surface area contributed by atoms with E-state index in [4.69, 9.17) is 11.6 Å². The van der Waals surface area contributed by atoms with Crippen molar-refractivity contribution in [1.29, 1.82) is 0 Å². The van der Waals surface area contributed by atoms with E-state index in [2.05, 4.69) is 15.4 Å². The number of hydrogen-bond donors (Lipinski definition) is 3. The van der Waals surface area contributed by atoms with Crippen molar-refractivity contribution in [2.75, 3.05) is 10.0 Å². The molecule has 0 bridgehead atoms. The van der Waals surface area contributed by atoms with Crippen molar-refractivity contribution in [1.82, 2.24) is 5.32 Å². The summed E-state index contributed by atoms with van der Waals surface area (Å²) in [7, 11) is -3.77. The summed E-state index contributed by atoms with van der Waals surface area (Å²) in [5.41, 5.74) is 1.48. The van der Waals surface area contributed by atoms with E-state index in [-0.39, 0.29) is 27.4 Å². The number of carbonyl (C=O) groups is 2. The molecule has 9 heteroatoms. The molecule has 1 aliphatic rings. The van der Waals surface area contributed by atoms with E-state index in [0.29, 0.717) is 16.9 Å². The maximum Gasteiger partial charge on any atom is 0.261 e. The van der Waals surface area contributed by atoms with E-state index in [0.717, 1.165) is 12.8 Å². The maximum absolute atomic E-state index is 12.6. The Morgan fingerprint density at radius 1 is 0.844 bits per heavy atom. The van der Waals surface area contributed by atoms with Crippen LogP contribution in [-0.4, -0.2) is 26.3 Å². The minimum Gasteiger partial charge on any atom is -0.349 e. The molecule has 0 atom stereocenters. The van der Waals surface area contributed by atoms with E-state index < -0.39 is 15.9 Å². The fourth-order valence-corrected chi connectivity index (χ4v) is 4.30. The first kappa shape index (κ1) is 21.9. The third-order valence-corrected chi connectivity index (χ3v) is 6.55. The van der Waals surface area contributed by atoms with Crippen molar-refractivity contribution >= 4 is 44.8 Å². The summed E-state index contributed by atoms with van der Waals surface area (Å²) >= 11 is 6.21. The molecule has 1 saturated carbocycles.